The molecule has 2 heterocycles. The highest BCUT2D eigenvalue weighted by atomic mass is 32.2. The number of imidazole rings is 1. The van der Waals surface area contributed by atoms with Crippen LogP contribution in [0, 0.1) is 0 Å². The lowest BCUT2D eigenvalue weighted by molar-refractivity contribution is 0.181. The van der Waals surface area contributed by atoms with Crippen LogP contribution in [-0.4, -0.2) is 53.8 Å². The summed E-state index contributed by atoms with van der Waals surface area (Å²) in [5, 5.41) is 0. The van der Waals surface area contributed by atoms with E-state index in [1.807, 2.05) is 18.2 Å². The number of aromatic amines is 2. The third kappa shape index (κ3) is 3.31. The normalized spacial score (nSPS) is 16.9. The molecule has 1 fully saturated rings. The lowest BCUT2D eigenvalue weighted by Gasteiger charge is -2.34. The molecule has 136 valence electrons. The first-order valence-electron chi connectivity index (χ1n) is 8.51. The summed E-state index contributed by atoms with van der Waals surface area (Å²) in [5.41, 5.74) is 1.98. The molecule has 0 unspecified atom stereocenters. The van der Waals surface area contributed by atoms with E-state index in [0.29, 0.717) is 37.2 Å². The van der Waals surface area contributed by atoms with Crippen LogP contribution in [0.4, 0.5) is 0 Å². The molecule has 8 heteroatoms. The second-order valence-corrected chi connectivity index (χ2v) is 8.39. The molecular formula is C18H20N4O3S. The molecule has 0 radical (unpaired) electrons. The molecule has 1 aromatic heterocycles. The Morgan fingerprint density at radius 1 is 0.885 bits per heavy atom. The molecule has 1 aliphatic rings. The van der Waals surface area contributed by atoms with E-state index in [0.717, 1.165) is 6.54 Å². The maximum atomic E-state index is 12.9. The van der Waals surface area contributed by atoms with Crippen molar-refractivity contribution in [2.24, 2.45) is 0 Å². The molecule has 0 amide bonds. The molecule has 4 rings (SSSR count). The highest BCUT2D eigenvalue weighted by Gasteiger charge is 2.28. The second kappa shape index (κ2) is 6.71. The molecule has 0 aliphatic carbocycles. The number of fused-ring (bicyclic) bond motifs is 1. The molecule has 0 bridgehead atoms. The van der Waals surface area contributed by atoms with Crippen molar-refractivity contribution in [2.75, 3.05) is 26.2 Å². The number of nitrogens with one attached hydrogen (secondary N) is 2. The molecule has 2 N–H and O–H groups in total. The Kier molecular flexibility index (Phi) is 4.39. The van der Waals surface area contributed by atoms with Crippen molar-refractivity contribution in [1.82, 2.24) is 19.2 Å². The highest BCUT2D eigenvalue weighted by Crippen LogP contribution is 2.21. The molecule has 0 spiro atoms. The van der Waals surface area contributed by atoms with Crippen molar-refractivity contribution in [3.8, 4) is 0 Å². The summed E-state index contributed by atoms with van der Waals surface area (Å²) >= 11 is 0. The van der Waals surface area contributed by atoms with Crippen molar-refractivity contribution in [3.05, 3.63) is 64.6 Å². The van der Waals surface area contributed by atoms with Gasteiger partial charge in [0.1, 0.15) is 0 Å². The largest absolute Gasteiger partial charge is 0.323 e. The molecule has 0 saturated carbocycles. The smallest absolute Gasteiger partial charge is 0.306 e. The van der Waals surface area contributed by atoms with Gasteiger partial charge in [0.15, 0.2) is 0 Å². The van der Waals surface area contributed by atoms with Gasteiger partial charge in [-0.3, -0.25) is 4.90 Å². The van der Waals surface area contributed by atoms with Gasteiger partial charge in [-0.2, -0.15) is 4.31 Å². The van der Waals surface area contributed by atoms with Crippen molar-refractivity contribution < 1.29 is 8.42 Å². The molecule has 3 aromatic rings. The average molecular weight is 372 g/mol. The van der Waals surface area contributed by atoms with Gasteiger partial charge in [-0.25, -0.2) is 13.2 Å². The Morgan fingerprint density at radius 2 is 1.58 bits per heavy atom. The van der Waals surface area contributed by atoms with E-state index in [1.54, 1.807) is 6.07 Å². The standard InChI is InChI=1S/C18H20N4O3S/c23-18-19-16-7-6-15(12-17(16)20-18)26(24,25)22-10-8-21(9-11-22)13-14-4-2-1-3-5-14/h1-7,12H,8-11,13H2,(H2,19,20,23). The van der Waals surface area contributed by atoms with E-state index in [-0.39, 0.29) is 10.6 Å². The number of piperazine rings is 1. The van der Waals surface area contributed by atoms with Gasteiger partial charge >= 0.3 is 5.69 Å². The van der Waals surface area contributed by atoms with Crippen LogP contribution in [0.5, 0.6) is 0 Å². The van der Waals surface area contributed by atoms with Gasteiger partial charge < -0.3 is 9.97 Å². The van der Waals surface area contributed by atoms with Gasteiger partial charge in [-0.1, -0.05) is 30.3 Å². The minimum absolute atomic E-state index is 0.205. The lowest BCUT2D eigenvalue weighted by atomic mass is 10.2. The van der Waals surface area contributed by atoms with Crippen molar-refractivity contribution >= 4 is 21.1 Å². The fraction of sp³-hybridized carbons (Fsp3) is 0.278. The van der Waals surface area contributed by atoms with Gasteiger partial charge in [-0.15, -0.1) is 0 Å². The Balaban J connectivity index is 1.47. The Hall–Kier alpha value is -2.42. The third-order valence-corrected chi connectivity index (χ3v) is 6.60. The van der Waals surface area contributed by atoms with Crippen LogP contribution in [0.3, 0.4) is 0 Å². The number of hydrogen-bond acceptors (Lipinski definition) is 4. The summed E-state index contributed by atoms with van der Waals surface area (Å²) in [6.45, 7) is 3.12. The summed E-state index contributed by atoms with van der Waals surface area (Å²) in [7, 11) is -3.57. The van der Waals surface area contributed by atoms with Crippen LogP contribution in [0.1, 0.15) is 5.56 Å². The van der Waals surface area contributed by atoms with Crippen LogP contribution < -0.4 is 5.69 Å². The predicted octanol–water partition coefficient (Wildman–Crippen LogP) is 1.36. The van der Waals surface area contributed by atoms with Gasteiger partial charge in [0, 0.05) is 32.7 Å². The quantitative estimate of drug-likeness (QED) is 0.724. The van der Waals surface area contributed by atoms with E-state index in [2.05, 4.69) is 27.0 Å². The van der Waals surface area contributed by atoms with Crippen LogP contribution in [0.2, 0.25) is 0 Å². The van der Waals surface area contributed by atoms with Crippen molar-refractivity contribution in [2.45, 2.75) is 11.4 Å². The zero-order valence-corrected chi connectivity index (χ0v) is 15.0. The Labute approximate surface area is 151 Å². The highest BCUT2D eigenvalue weighted by molar-refractivity contribution is 7.89. The average Bonchev–Trinajstić information content (AvgIpc) is 3.02. The summed E-state index contributed by atoms with van der Waals surface area (Å²) in [4.78, 5) is 19.0. The maximum absolute atomic E-state index is 12.9. The molecule has 26 heavy (non-hydrogen) atoms. The van der Waals surface area contributed by atoms with Gasteiger partial charge in [0.25, 0.3) is 0 Å². The molecule has 2 aromatic carbocycles. The van der Waals surface area contributed by atoms with E-state index < -0.39 is 10.0 Å². The van der Waals surface area contributed by atoms with Crippen LogP contribution in [-0.2, 0) is 16.6 Å². The predicted molar refractivity (Wildman–Crippen MR) is 99.4 cm³/mol. The van der Waals surface area contributed by atoms with Gasteiger partial charge in [-0.05, 0) is 23.8 Å². The zero-order chi connectivity index (χ0) is 18.1. The number of H-pyrrole nitrogens is 2. The minimum Gasteiger partial charge on any atom is -0.306 e. The number of benzene rings is 2. The number of nitrogens with zero attached hydrogens (tertiary/aromatic N) is 2. The minimum atomic E-state index is -3.57. The molecular weight excluding hydrogens is 352 g/mol. The fourth-order valence-electron chi connectivity index (χ4n) is 3.29. The molecule has 0 atom stereocenters. The van der Waals surface area contributed by atoms with Crippen molar-refractivity contribution in [1.29, 1.82) is 0 Å². The lowest BCUT2D eigenvalue weighted by Crippen LogP contribution is -2.48. The molecule has 1 aliphatic heterocycles. The second-order valence-electron chi connectivity index (χ2n) is 6.45. The topological polar surface area (TPSA) is 89.3 Å². The van der Waals surface area contributed by atoms with Crippen molar-refractivity contribution in [3.63, 3.8) is 0 Å². The Bertz CT molecular complexity index is 1060. The third-order valence-electron chi connectivity index (χ3n) is 4.71. The van der Waals surface area contributed by atoms with Crippen LogP contribution in [0.15, 0.2) is 58.2 Å². The van der Waals surface area contributed by atoms with E-state index >= 15 is 0 Å². The number of rotatable bonds is 4. The van der Waals surface area contributed by atoms with Gasteiger partial charge in [0.2, 0.25) is 10.0 Å². The summed E-state index contributed by atoms with van der Waals surface area (Å²) in [6.07, 6.45) is 0. The monoisotopic (exact) mass is 372 g/mol. The van der Waals surface area contributed by atoms with E-state index in [4.69, 9.17) is 0 Å². The maximum Gasteiger partial charge on any atom is 0.323 e. The first kappa shape index (κ1) is 17.0. The molecule has 7 nitrogen and oxygen atoms in total. The SMILES string of the molecule is O=c1[nH]c2ccc(S(=O)(=O)N3CCN(Cc4ccccc4)CC3)cc2[nH]1. The zero-order valence-electron chi connectivity index (χ0n) is 14.2. The van der Waals surface area contributed by atoms with Crippen LogP contribution in [0.25, 0.3) is 11.0 Å². The number of sulfonamides is 1. The summed E-state index contributed by atoms with van der Waals surface area (Å²) in [5.74, 6) is 0. The van der Waals surface area contributed by atoms with E-state index in [1.165, 1.54) is 22.0 Å². The molecule has 1 saturated heterocycles. The van der Waals surface area contributed by atoms with E-state index in [9.17, 15) is 13.2 Å². The van der Waals surface area contributed by atoms with Crippen LogP contribution >= 0.6 is 0 Å². The Morgan fingerprint density at radius 3 is 2.31 bits per heavy atom. The first-order chi connectivity index (χ1) is 12.5. The number of hydrogen-bond donors (Lipinski definition) is 2. The fourth-order valence-corrected chi connectivity index (χ4v) is 4.74. The number of aromatic nitrogens is 2. The summed E-state index contributed by atoms with van der Waals surface area (Å²) < 4.78 is 27.3. The first-order valence-corrected chi connectivity index (χ1v) is 9.95. The summed E-state index contributed by atoms with van der Waals surface area (Å²) in [6, 6.07) is 14.8. The van der Waals surface area contributed by atoms with Gasteiger partial charge in [0.05, 0.1) is 15.9 Å².